The van der Waals surface area contributed by atoms with E-state index in [9.17, 15) is 13.2 Å². The van der Waals surface area contributed by atoms with Gasteiger partial charge in [0.15, 0.2) is 0 Å². The van der Waals surface area contributed by atoms with Gasteiger partial charge in [-0.2, -0.15) is 5.10 Å². The van der Waals surface area contributed by atoms with Gasteiger partial charge in [-0.3, -0.25) is 0 Å². The number of halogens is 5. The van der Waals surface area contributed by atoms with E-state index in [1.807, 2.05) is 13.8 Å². The fraction of sp³-hybridized carbons (Fsp3) is 0.250. The van der Waals surface area contributed by atoms with Crippen LogP contribution in [0.4, 0.5) is 13.2 Å². The first-order valence-electron chi connectivity index (χ1n) is 8.58. The van der Waals surface area contributed by atoms with Crippen molar-refractivity contribution in [2.45, 2.75) is 32.5 Å². The zero-order valence-electron chi connectivity index (χ0n) is 15.1. The molecule has 3 nitrogen and oxygen atoms in total. The molecule has 1 heterocycles. The van der Waals surface area contributed by atoms with Crippen molar-refractivity contribution in [3.8, 4) is 22.6 Å². The molecule has 28 heavy (non-hydrogen) atoms. The second kappa shape index (κ2) is 8.05. The van der Waals surface area contributed by atoms with Crippen LogP contribution in [-0.2, 0) is 0 Å². The van der Waals surface area contributed by atoms with Crippen molar-refractivity contribution in [1.29, 1.82) is 0 Å². The Morgan fingerprint density at radius 3 is 2.39 bits per heavy atom. The van der Waals surface area contributed by atoms with Crippen molar-refractivity contribution in [3.05, 3.63) is 64.4 Å². The highest BCUT2D eigenvalue weighted by molar-refractivity contribution is 6.34. The lowest BCUT2D eigenvalue weighted by Crippen LogP contribution is -2.17. The summed E-state index contributed by atoms with van der Waals surface area (Å²) in [7, 11) is 0. The van der Waals surface area contributed by atoms with E-state index in [4.69, 9.17) is 23.2 Å². The molecule has 0 radical (unpaired) electrons. The molecule has 1 unspecified atom stereocenters. The summed E-state index contributed by atoms with van der Waals surface area (Å²) < 4.78 is 43.4. The molecule has 148 valence electrons. The number of alkyl halides is 3. The van der Waals surface area contributed by atoms with E-state index < -0.39 is 6.36 Å². The van der Waals surface area contributed by atoms with Crippen molar-refractivity contribution in [2.24, 2.45) is 0 Å². The van der Waals surface area contributed by atoms with E-state index in [0.717, 1.165) is 17.7 Å². The molecule has 0 saturated heterocycles. The van der Waals surface area contributed by atoms with Crippen LogP contribution in [0.3, 0.4) is 0 Å². The molecule has 0 bridgehead atoms. The van der Waals surface area contributed by atoms with Crippen LogP contribution in [0.15, 0.2) is 48.7 Å². The summed E-state index contributed by atoms with van der Waals surface area (Å²) in [5, 5.41) is 5.58. The van der Waals surface area contributed by atoms with Crippen LogP contribution >= 0.6 is 23.2 Å². The number of hydrogen-bond donors (Lipinski definition) is 0. The lowest BCUT2D eigenvalue weighted by molar-refractivity contribution is -0.274. The van der Waals surface area contributed by atoms with Gasteiger partial charge in [-0.25, -0.2) is 4.68 Å². The first kappa shape index (κ1) is 20.6. The van der Waals surface area contributed by atoms with E-state index in [1.54, 1.807) is 35.1 Å². The molecule has 0 N–H and O–H groups in total. The van der Waals surface area contributed by atoms with Crippen LogP contribution in [-0.4, -0.2) is 16.1 Å². The molecular formula is C20H17Cl2F3N2O. The Balaban J connectivity index is 2.10. The number of aromatic nitrogens is 2. The Bertz CT molecular complexity index is 966. The van der Waals surface area contributed by atoms with E-state index in [0.29, 0.717) is 21.3 Å². The average Bonchev–Trinajstić information content (AvgIpc) is 3.04. The van der Waals surface area contributed by atoms with Gasteiger partial charge < -0.3 is 4.74 Å². The van der Waals surface area contributed by atoms with Gasteiger partial charge in [0.25, 0.3) is 0 Å². The van der Waals surface area contributed by atoms with Gasteiger partial charge in [-0.1, -0.05) is 49.2 Å². The number of nitrogens with zero attached hydrogens (tertiary/aromatic N) is 2. The van der Waals surface area contributed by atoms with Crippen molar-refractivity contribution >= 4 is 23.2 Å². The zero-order valence-corrected chi connectivity index (χ0v) is 16.6. The Morgan fingerprint density at radius 1 is 1.11 bits per heavy atom. The number of benzene rings is 2. The quantitative estimate of drug-likeness (QED) is 0.427. The van der Waals surface area contributed by atoms with Gasteiger partial charge in [-0.05, 0) is 42.3 Å². The number of rotatable bonds is 5. The summed E-state index contributed by atoms with van der Waals surface area (Å²) >= 11 is 12.2. The molecular weight excluding hydrogens is 412 g/mol. The summed E-state index contributed by atoms with van der Waals surface area (Å²) in [6, 6.07) is 10.9. The van der Waals surface area contributed by atoms with Gasteiger partial charge >= 0.3 is 6.36 Å². The molecule has 1 atom stereocenters. The minimum atomic E-state index is -4.75. The van der Waals surface area contributed by atoms with Crippen LogP contribution in [0.5, 0.6) is 5.75 Å². The minimum absolute atomic E-state index is 0.0955. The topological polar surface area (TPSA) is 27.1 Å². The molecule has 3 rings (SSSR count). The predicted octanol–water partition coefficient (Wildman–Crippen LogP) is 7.26. The molecule has 0 aliphatic rings. The van der Waals surface area contributed by atoms with Crippen molar-refractivity contribution in [3.63, 3.8) is 0 Å². The van der Waals surface area contributed by atoms with Gasteiger partial charge in [0.05, 0.1) is 11.4 Å². The van der Waals surface area contributed by atoms with Crippen molar-refractivity contribution in [1.82, 2.24) is 9.78 Å². The summed E-state index contributed by atoms with van der Waals surface area (Å²) in [6.45, 7) is 4.03. The van der Waals surface area contributed by atoms with E-state index >= 15 is 0 Å². The fourth-order valence-electron chi connectivity index (χ4n) is 2.83. The Morgan fingerprint density at radius 2 is 1.79 bits per heavy atom. The van der Waals surface area contributed by atoms with Crippen LogP contribution in [0.2, 0.25) is 10.0 Å². The highest BCUT2D eigenvalue weighted by atomic mass is 35.5. The first-order valence-corrected chi connectivity index (χ1v) is 9.34. The third kappa shape index (κ3) is 4.80. The summed E-state index contributed by atoms with van der Waals surface area (Å²) in [4.78, 5) is 0. The Kier molecular flexibility index (Phi) is 5.91. The van der Waals surface area contributed by atoms with Gasteiger partial charge in [0.1, 0.15) is 5.75 Å². The lowest BCUT2D eigenvalue weighted by Gasteiger charge is -2.11. The summed E-state index contributed by atoms with van der Waals surface area (Å²) in [6.07, 6.45) is -2.17. The Labute approximate surface area is 170 Å². The maximum atomic E-state index is 12.6. The third-order valence-electron chi connectivity index (χ3n) is 4.31. The maximum Gasteiger partial charge on any atom is 0.573 e. The number of hydrogen-bond acceptors (Lipinski definition) is 2. The van der Waals surface area contributed by atoms with Gasteiger partial charge in [-0.15, -0.1) is 13.2 Å². The monoisotopic (exact) mass is 428 g/mol. The smallest absolute Gasteiger partial charge is 0.406 e. The standard InChI is InChI=1S/C20H17Cl2F3N2O/c1-3-12(2)19-18(13-5-4-6-17(7-13)28-20(23,24)25)11-27(26-19)16-9-14(21)8-15(22)10-16/h4-12H,3H2,1-2H3. The molecule has 3 aromatic rings. The van der Waals surface area contributed by atoms with Crippen LogP contribution in [0.1, 0.15) is 31.9 Å². The van der Waals surface area contributed by atoms with E-state index in [-0.39, 0.29) is 11.7 Å². The molecule has 0 aliphatic heterocycles. The molecule has 0 amide bonds. The molecule has 1 aromatic heterocycles. The summed E-state index contributed by atoms with van der Waals surface area (Å²) in [5.41, 5.74) is 2.73. The SMILES string of the molecule is CCC(C)c1nn(-c2cc(Cl)cc(Cl)c2)cc1-c1cccc(OC(F)(F)F)c1. The zero-order chi connectivity index (χ0) is 20.5. The molecule has 0 saturated carbocycles. The third-order valence-corrected chi connectivity index (χ3v) is 4.75. The molecule has 2 aromatic carbocycles. The van der Waals surface area contributed by atoms with Crippen molar-refractivity contribution < 1.29 is 17.9 Å². The highest BCUT2D eigenvalue weighted by Crippen LogP contribution is 2.34. The van der Waals surface area contributed by atoms with Gasteiger partial charge in [0, 0.05) is 27.7 Å². The first-order chi connectivity index (χ1) is 13.2. The maximum absolute atomic E-state index is 12.6. The van der Waals surface area contributed by atoms with Crippen molar-refractivity contribution in [2.75, 3.05) is 0 Å². The second-order valence-electron chi connectivity index (χ2n) is 6.39. The minimum Gasteiger partial charge on any atom is -0.406 e. The lowest BCUT2D eigenvalue weighted by atomic mass is 9.97. The largest absolute Gasteiger partial charge is 0.573 e. The average molecular weight is 429 g/mol. The van der Waals surface area contributed by atoms with Gasteiger partial charge in [0.2, 0.25) is 0 Å². The van der Waals surface area contributed by atoms with Crippen LogP contribution in [0, 0.1) is 0 Å². The highest BCUT2D eigenvalue weighted by Gasteiger charge is 2.31. The van der Waals surface area contributed by atoms with Crippen LogP contribution < -0.4 is 4.74 Å². The number of ether oxygens (including phenoxy) is 1. The summed E-state index contributed by atoms with van der Waals surface area (Å²) in [5.74, 6) is -0.184. The molecule has 8 heteroatoms. The fourth-order valence-corrected chi connectivity index (χ4v) is 3.35. The van der Waals surface area contributed by atoms with E-state index in [1.165, 1.54) is 18.2 Å². The molecule has 0 spiro atoms. The normalized spacial score (nSPS) is 12.8. The molecule has 0 aliphatic carbocycles. The van der Waals surface area contributed by atoms with Crippen LogP contribution in [0.25, 0.3) is 16.8 Å². The predicted molar refractivity (Wildman–Crippen MR) is 104 cm³/mol. The molecule has 0 fully saturated rings. The van der Waals surface area contributed by atoms with E-state index in [2.05, 4.69) is 9.84 Å². The Hall–Kier alpha value is -2.18. The second-order valence-corrected chi connectivity index (χ2v) is 7.26.